The first-order chi connectivity index (χ1) is 11.9. The number of pyridine rings is 1. The van der Waals surface area contributed by atoms with Crippen molar-refractivity contribution in [3.8, 4) is 0 Å². The van der Waals surface area contributed by atoms with E-state index >= 15 is 0 Å². The zero-order chi connectivity index (χ0) is 17.6. The molecule has 0 saturated heterocycles. The van der Waals surface area contributed by atoms with Gasteiger partial charge in [0.05, 0.1) is 4.90 Å². The number of nitrogens with zero attached hydrogens (tertiary/aromatic N) is 1. The molecule has 1 aliphatic rings. The van der Waals surface area contributed by atoms with Crippen molar-refractivity contribution in [1.29, 1.82) is 0 Å². The highest BCUT2D eigenvalue weighted by molar-refractivity contribution is 7.89. The summed E-state index contributed by atoms with van der Waals surface area (Å²) in [6, 6.07) is 14.3. The van der Waals surface area contributed by atoms with E-state index in [-0.39, 0.29) is 5.56 Å². The second-order valence-corrected chi connectivity index (χ2v) is 8.33. The SMILES string of the molecule is Cc1cc2cc3c(cc2[nH]c1=O)CN(S(=O)(=O)c1ccccc1)CC3. The Labute approximate surface area is 146 Å². The van der Waals surface area contributed by atoms with Crippen LogP contribution in [0.4, 0.5) is 0 Å². The van der Waals surface area contributed by atoms with Crippen molar-refractivity contribution in [3.63, 3.8) is 0 Å². The van der Waals surface area contributed by atoms with Crippen LogP contribution in [-0.2, 0) is 23.0 Å². The summed E-state index contributed by atoms with van der Waals surface area (Å²) in [5.74, 6) is 0. The van der Waals surface area contributed by atoms with Crippen molar-refractivity contribution < 1.29 is 8.42 Å². The molecule has 0 unspecified atom stereocenters. The number of hydrogen-bond acceptors (Lipinski definition) is 3. The molecule has 6 heteroatoms. The summed E-state index contributed by atoms with van der Waals surface area (Å²) in [4.78, 5) is 15.0. The number of H-pyrrole nitrogens is 1. The van der Waals surface area contributed by atoms with E-state index in [1.807, 2.05) is 12.1 Å². The van der Waals surface area contributed by atoms with Gasteiger partial charge in [0.1, 0.15) is 0 Å². The van der Waals surface area contributed by atoms with Crippen LogP contribution >= 0.6 is 0 Å². The van der Waals surface area contributed by atoms with Gasteiger partial charge in [0, 0.05) is 24.2 Å². The second kappa shape index (κ2) is 5.82. The van der Waals surface area contributed by atoms with Crippen molar-refractivity contribution in [2.45, 2.75) is 24.8 Å². The lowest BCUT2D eigenvalue weighted by molar-refractivity contribution is 0.391. The smallest absolute Gasteiger partial charge is 0.251 e. The fourth-order valence-corrected chi connectivity index (χ4v) is 4.74. The lowest BCUT2D eigenvalue weighted by Crippen LogP contribution is -2.36. The number of rotatable bonds is 2. The Morgan fingerprint density at radius 1 is 1.04 bits per heavy atom. The van der Waals surface area contributed by atoms with Gasteiger partial charge in [-0.25, -0.2) is 8.42 Å². The minimum atomic E-state index is -3.51. The number of fused-ring (bicyclic) bond motifs is 2. The standard InChI is InChI=1S/C19H18N2O3S/c1-13-9-15-10-14-7-8-21(12-16(14)11-18(15)20-19(13)22)25(23,24)17-5-3-2-4-6-17/h2-6,9-11H,7-8,12H2,1H3,(H,20,22). The van der Waals surface area contributed by atoms with Crippen molar-refractivity contribution in [2.24, 2.45) is 0 Å². The van der Waals surface area contributed by atoms with Crippen LogP contribution in [0.5, 0.6) is 0 Å². The summed E-state index contributed by atoms with van der Waals surface area (Å²) in [6.45, 7) is 2.56. The second-order valence-electron chi connectivity index (χ2n) is 6.39. The molecule has 1 aromatic heterocycles. The molecule has 0 saturated carbocycles. The van der Waals surface area contributed by atoms with E-state index in [0.29, 0.717) is 30.0 Å². The molecule has 5 nitrogen and oxygen atoms in total. The molecular weight excluding hydrogens is 336 g/mol. The van der Waals surface area contributed by atoms with Gasteiger partial charge < -0.3 is 4.98 Å². The molecule has 0 radical (unpaired) electrons. The van der Waals surface area contributed by atoms with Crippen LogP contribution in [0, 0.1) is 6.92 Å². The van der Waals surface area contributed by atoms with Crippen molar-refractivity contribution in [1.82, 2.24) is 9.29 Å². The van der Waals surface area contributed by atoms with Crippen LogP contribution in [0.2, 0.25) is 0 Å². The van der Waals surface area contributed by atoms with E-state index in [2.05, 4.69) is 11.1 Å². The molecule has 0 bridgehead atoms. The van der Waals surface area contributed by atoms with E-state index in [4.69, 9.17) is 0 Å². The first-order valence-corrected chi connectivity index (χ1v) is 9.60. The first-order valence-electron chi connectivity index (χ1n) is 8.16. The van der Waals surface area contributed by atoms with Gasteiger partial charge in [-0.3, -0.25) is 4.79 Å². The predicted molar refractivity (Wildman–Crippen MR) is 97.0 cm³/mol. The molecule has 0 amide bonds. The molecule has 2 aromatic carbocycles. The highest BCUT2D eigenvalue weighted by atomic mass is 32.2. The van der Waals surface area contributed by atoms with Crippen molar-refractivity contribution in [2.75, 3.05) is 6.54 Å². The fraction of sp³-hybridized carbons (Fsp3) is 0.211. The fourth-order valence-electron chi connectivity index (χ4n) is 3.30. The maximum atomic E-state index is 12.8. The third-order valence-electron chi connectivity index (χ3n) is 4.71. The number of hydrogen-bond donors (Lipinski definition) is 1. The summed E-state index contributed by atoms with van der Waals surface area (Å²) in [7, 11) is -3.51. The number of aromatic nitrogens is 1. The summed E-state index contributed by atoms with van der Waals surface area (Å²) in [5, 5.41) is 0.982. The molecule has 25 heavy (non-hydrogen) atoms. The van der Waals surface area contributed by atoms with Crippen LogP contribution < -0.4 is 5.56 Å². The number of sulfonamides is 1. The quantitative estimate of drug-likeness (QED) is 0.769. The molecule has 0 fully saturated rings. The molecule has 2 heterocycles. The Balaban J connectivity index is 1.75. The molecule has 0 spiro atoms. The zero-order valence-electron chi connectivity index (χ0n) is 13.8. The Morgan fingerprint density at radius 2 is 1.80 bits per heavy atom. The van der Waals surface area contributed by atoms with E-state index in [1.54, 1.807) is 37.3 Å². The van der Waals surface area contributed by atoms with Gasteiger partial charge in [-0.15, -0.1) is 0 Å². The molecule has 0 atom stereocenters. The van der Waals surface area contributed by atoms with Crippen LogP contribution in [0.1, 0.15) is 16.7 Å². The van der Waals surface area contributed by atoms with E-state index in [9.17, 15) is 13.2 Å². The average molecular weight is 354 g/mol. The minimum Gasteiger partial charge on any atom is -0.322 e. The third-order valence-corrected chi connectivity index (χ3v) is 6.57. The van der Waals surface area contributed by atoms with Crippen molar-refractivity contribution in [3.05, 3.63) is 75.6 Å². The van der Waals surface area contributed by atoms with Crippen molar-refractivity contribution >= 4 is 20.9 Å². The number of benzene rings is 2. The monoisotopic (exact) mass is 354 g/mol. The average Bonchev–Trinajstić information content (AvgIpc) is 2.61. The lowest BCUT2D eigenvalue weighted by atomic mass is 9.98. The van der Waals surface area contributed by atoms with Gasteiger partial charge >= 0.3 is 0 Å². The van der Waals surface area contributed by atoms with E-state index < -0.39 is 10.0 Å². The first kappa shape index (κ1) is 16.1. The Bertz CT molecular complexity index is 1120. The van der Waals surface area contributed by atoms with Gasteiger partial charge in [-0.2, -0.15) is 4.31 Å². The zero-order valence-corrected chi connectivity index (χ0v) is 14.6. The summed E-state index contributed by atoms with van der Waals surface area (Å²) in [5.41, 5.74) is 3.39. The Hall–Kier alpha value is -2.44. The largest absolute Gasteiger partial charge is 0.322 e. The molecule has 3 aromatic rings. The predicted octanol–water partition coefficient (Wildman–Crippen LogP) is 2.58. The molecule has 1 N–H and O–H groups in total. The maximum Gasteiger partial charge on any atom is 0.251 e. The molecular formula is C19H18N2O3S. The number of nitrogens with one attached hydrogen (secondary N) is 1. The van der Waals surface area contributed by atoms with Crippen LogP contribution in [0.15, 0.2) is 58.2 Å². The molecule has 4 rings (SSSR count). The summed E-state index contributed by atoms with van der Waals surface area (Å²) in [6.07, 6.45) is 0.662. The molecule has 1 aliphatic heterocycles. The van der Waals surface area contributed by atoms with Gasteiger partial charge in [0.2, 0.25) is 10.0 Å². The van der Waals surface area contributed by atoms with Gasteiger partial charge in [-0.1, -0.05) is 18.2 Å². The maximum absolute atomic E-state index is 12.8. The minimum absolute atomic E-state index is 0.114. The highest BCUT2D eigenvalue weighted by Gasteiger charge is 2.28. The van der Waals surface area contributed by atoms with Gasteiger partial charge in [0.25, 0.3) is 5.56 Å². The lowest BCUT2D eigenvalue weighted by Gasteiger charge is -2.28. The van der Waals surface area contributed by atoms with Crippen LogP contribution in [0.25, 0.3) is 10.9 Å². The van der Waals surface area contributed by atoms with E-state index in [1.165, 1.54) is 4.31 Å². The summed E-state index contributed by atoms with van der Waals surface area (Å²) < 4.78 is 27.2. The third kappa shape index (κ3) is 2.77. The normalized spacial score (nSPS) is 15.2. The molecule has 0 aliphatic carbocycles. The van der Waals surface area contributed by atoms with Gasteiger partial charge in [0.15, 0.2) is 0 Å². The summed E-state index contributed by atoms with van der Waals surface area (Å²) >= 11 is 0. The Kier molecular flexibility index (Phi) is 3.74. The van der Waals surface area contributed by atoms with Crippen LogP contribution in [0.3, 0.4) is 0 Å². The highest BCUT2D eigenvalue weighted by Crippen LogP contribution is 2.27. The van der Waals surface area contributed by atoms with E-state index in [0.717, 1.165) is 22.0 Å². The molecule has 128 valence electrons. The number of aryl methyl sites for hydroxylation is 1. The topological polar surface area (TPSA) is 70.2 Å². The van der Waals surface area contributed by atoms with Gasteiger partial charge in [-0.05, 0) is 60.2 Å². The van der Waals surface area contributed by atoms with Crippen LogP contribution in [-0.4, -0.2) is 24.3 Å². The number of aromatic amines is 1. The Morgan fingerprint density at radius 3 is 2.56 bits per heavy atom.